The molecule has 0 bridgehead atoms. The fourth-order valence-corrected chi connectivity index (χ4v) is 2.99. The van der Waals surface area contributed by atoms with Gasteiger partial charge in [-0.15, -0.1) is 0 Å². The molecule has 0 heterocycles. The minimum atomic E-state index is 0.967. The van der Waals surface area contributed by atoms with Gasteiger partial charge < -0.3 is 5.32 Å². The van der Waals surface area contributed by atoms with Crippen LogP contribution in [0.1, 0.15) is 30.0 Å². The highest BCUT2D eigenvalue weighted by atomic mass is 32.2. The second-order valence-corrected chi connectivity index (χ2v) is 6.33. The molecule has 0 saturated carbocycles. The van der Waals surface area contributed by atoms with Crippen molar-refractivity contribution in [2.75, 3.05) is 6.54 Å². The van der Waals surface area contributed by atoms with Gasteiger partial charge in [0.1, 0.15) is 0 Å². The Labute approximate surface area is 126 Å². The van der Waals surface area contributed by atoms with E-state index in [4.69, 9.17) is 0 Å². The molecule has 0 aliphatic carbocycles. The van der Waals surface area contributed by atoms with Crippen molar-refractivity contribution in [2.24, 2.45) is 0 Å². The molecule has 1 N–H and O–H groups in total. The lowest BCUT2D eigenvalue weighted by atomic mass is 10.1. The van der Waals surface area contributed by atoms with E-state index < -0.39 is 0 Å². The van der Waals surface area contributed by atoms with Crippen LogP contribution in [0.3, 0.4) is 0 Å². The largest absolute Gasteiger partial charge is 0.313 e. The van der Waals surface area contributed by atoms with Crippen molar-refractivity contribution < 1.29 is 0 Å². The summed E-state index contributed by atoms with van der Waals surface area (Å²) in [6.45, 7) is 8.56. The molecule has 1 nitrogen and oxygen atoms in total. The third-order valence-electron chi connectivity index (χ3n) is 3.31. The lowest BCUT2D eigenvalue weighted by molar-refractivity contribution is 0.673. The van der Waals surface area contributed by atoms with Gasteiger partial charge in [-0.1, -0.05) is 42.4 Å². The van der Waals surface area contributed by atoms with Crippen molar-refractivity contribution in [3.8, 4) is 0 Å². The van der Waals surface area contributed by atoms with Gasteiger partial charge in [0.25, 0.3) is 0 Å². The van der Waals surface area contributed by atoms with Crippen LogP contribution in [-0.4, -0.2) is 6.54 Å². The van der Waals surface area contributed by atoms with Crippen LogP contribution in [0.5, 0.6) is 0 Å². The van der Waals surface area contributed by atoms with Crippen LogP contribution in [0, 0.1) is 13.8 Å². The Morgan fingerprint density at radius 1 is 0.950 bits per heavy atom. The Kier molecular flexibility index (Phi) is 5.69. The number of rotatable bonds is 6. The van der Waals surface area contributed by atoms with Gasteiger partial charge in [0.15, 0.2) is 0 Å². The Hall–Kier alpha value is -1.25. The number of hydrogen-bond donors (Lipinski definition) is 1. The van der Waals surface area contributed by atoms with Gasteiger partial charge in [0, 0.05) is 16.3 Å². The Bertz CT molecular complexity index is 546. The number of hydrogen-bond acceptors (Lipinski definition) is 2. The van der Waals surface area contributed by atoms with Crippen LogP contribution in [0.4, 0.5) is 0 Å². The molecule has 0 spiro atoms. The van der Waals surface area contributed by atoms with Crippen molar-refractivity contribution in [1.29, 1.82) is 0 Å². The van der Waals surface area contributed by atoms with Crippen molar-refractivity contribution in [1.82, 2.24) is 5.32 Å². The summed E-state index contributed by atoms with van der Waals surface area (Å²) in [5.74, 6) is 0. The molecule has 0 saturated heterocycles. The van der Waals surface area contributed by atoms with Crippen LogP contribution in [-0.2, 0) is 6.54 Å². The van der Waals surface area contributed by atoms with E-state index in [9.17, 15) is 0 Å². The molecule has 0 atom stereocenters. The summed E-state index contributed by atoms with van der Waals surface area (Å²) in [6.07, 6.45) is 1.18. The fraction of sp³-hybridized carbons (Fsp3) is 0.333. The quantitative estimate of drug-likeness (QED) is 0.753. The standard InChI is InChI=1S/C18H23NS/c1-4-11-19-13-16-7-10-18(12-15(16)3)20-17-8-5-14(2)6-9-17/h5-10,12,19H,4,11,13H2,1-3H3. The molecule has 0 aliphatic rings. The minimum Gasteiger partial charge on any atom is -0.313 e. The third-order valence-corrected chi connectivity index (χ3v) is 4.31. The SMILES string of the molecule is CCCNCc1ccc(Sc2ccc(C)cc2)cc1C. The van der Waals surface area contributed by atoms with E-state index in [0.717, 1.165) is 13.1 Å². The van der Waals surface area contributed by atoms with E-state index >= 15 is 0 Å². The molecule has 0 aromatic heterocycles. The molecule has 0 fully saturated rings. The van der Waals surface area contributed by atoms with Crippen LogP contribution >= 0.6 is 11.8 Å². The zero-order valence-electron chi connectivity index (χ0n) is 12.6. The first-order chi connectivity index (χ1) is 9.69. The van der Waals surface area contributed by atoms with E-state index in [1.807, 2.05) is 11.8 Å². The summed E-state index contributed by atoms with van der Waals surface area (Å²) in [4.78, 5) is 2.61. The average Bonchev–Trinajstić information content (AvgIpc) is 2.44. The van der Waals surface area contributed by atoms with Gasteiger partial charge in [-0.25, -0.2) is 0 Å². The molecular weight excluding hydrogens is 262 g/mol. The highest BCUT2D eigenvalue weighted by molar-refractivity contribution is 7.99. The predicted octanol–water partition coefficient (Wildman–Crippen LogP) is 4.95. The Morgan fingerprint density at radius 3 is 2.30 bits per heavy atom. The highest BCUT2D eigenvalue weighted by Crippen LogP contribution is 2.29. The van der Waals surface area contributed by atoms with Gasteiger partial charge in [-0.05, 0) is 62.2 Å². The first-order valence-corrected chi connectivity index (χ1v) is 8.05. The lowest BCUT2D eigenvalue weighted by Crippen LogP contribution is -2.14. The summed E-state index contributed by atoms with van der Waals surface area (Å²) in [7, 11) is 0. The van der Waals surface area contributed by atoms with Crippen LogP contribution < -0.4 is 5.32 Å². The number of benzene rings is 2. The molecule has 0 unspecified atom stereocenters. The third kappa shape index (κ3) is 4.39. The smallest absolute Gasteiger partial charge is 0.0208 e. The molecule has 20 heavy (non-hydrogen) atoms. The van der Waals surface area contributed by atoms with Gasteiger partial charge in [0.05, 0.1) is 0 Å². The second kappa shape index (κ2) is 7.51. The van der Waals surface area contributed by atoms with Crippen LogP contribution in [0.15, 0.2) is 52.3 Å². The maximum atomic E-state index is 3.46. The van der Waals surface area contributed by atoms with Gasteiger partial charge in [-0.3, -0.25) is 0 Å². The molecule has 2 heteroatoms. The minimum absolute atomic E-state index is 0.967. The summed E-state index contributed by atoms with van der Waals surface area (Å²) >= 11 is 1.83. The zero-order chi connectivity index (χ0) is 14.4. The van der Waals surface area contributed by atoms with E-state index in [1.54, 1.807) is 0 Å². The van der Waals surface area contributed by atoms with Crippen molar-refractivity contribution >= 4 is 11.8 Å². The first kappa shape index (κ1) is 15.1. The first-order valence-electron chi connectivity index (χ1n) is 7.24. The van der Waals surface area contributed by atoms with Gasteiger partial charge >= 0.3 is 0 Å². The van der Waals surface area contributed by atoms with Crippen molar-refractivity contribution in [3.05, 3.63) is 59.2 Å². The molecule has 2 aromatic carbocycles. The fourth-order valence-electron chi connectivity index (χ4n) is 2.07. The van der Waals surface area contributed by atoms with E-state index in [1.165, 1.54) is 32.9 Å². The van der Waals surface area contributed by atoms with Crippen molar-refractivity contribution in [2.45, 2.75) is 43.5 Å². The molecule has 2 aromatic rings. The second-order valence-electron chi connectivity index (χ2n) is 5.18. The van der Waals surface area contributed by atoms with E-state index in [-0.39, 0.29) is 0 Å². The highest BCUT2D eigenvalue weighted by Gasteiger charge is 2.02. The average molecular weight is 285 g/mol. The Balaban J connectivity index is 2.03. The maximum Gasteiger partial charge on any atom is 0.0208 e. The number of aryl methyl sites for hydroxylation is 2. The van der Waals surface area contributed by atoms with E-state index in [2.05, 4.69) is 68.6 Å². The van der Waals surface area contributed by atoms with Crippen LogP contribution in [0.25, 0.3) is 0 Å². The van der Waals surface area contributed by atoms with Gasteiger partial charge in [0.2, 0.25) is 0 Å². The number of nitrogens with one attached hydrogen (secondary N) is 1. The van der Waals surface area contributed by atoms with Gasteiger partial charge in [-0.2, -0.15) is 0 Å². The molecular formula is C18H23NS. The molecule has 2 rings (SSSR count). The summed E-state index contributed by atoms with van der Waals surface area (Å²) in [6, 6.07) is 15.5. The summed E-state index contributed by atoms with van der Waals surface area (Å²) in [5.41, 5.74) is 4.07. The zero-order valence-corrected chi connectivity index (χ0v) is 13.4. The molecule has 0 amide bonds. The molecule has 0 aliphatic heterocycles. The van der Waals surface area contributed by atoms with E-state index in [0.29, 0.717) is 0 Å². The normalized spacial score (nSPS) is 10.8. The summed E-state index contributed by atoms with van der Waals surface area (Å²) < 4.78 is 0. The molecule has 106 valence electrons. The monoisotopic (exact) mass is 285 g/mol. The van der Waals surface area contributed by atoms with Crippen LogP contribution in [0.2, 0.25) is 0 Å². The topological polar surface area (TPSA) is 12.0 Å². The Morgan fingerprint density at radius 2 is 1.65 bits per heavy atom. The maximum absolute atomic E-state index is 3.46. The summed E-state index contributed by atoms with van der Waals surface area (Å²) in [5, 5.41) is 3.46. The lowest BCUT2D eigenvalue weighted by Gasteiger charge is -2.09. The van der Waals surface area contributed by atoms with Crippen molar-refractivity contribution in [3.63, 3.8) is 0 Å². The molecule has 0 radical (unpaired) electrons. The predicted molar refractivity (Wildman–Crippen MR) is 88.5 cm³/mol.